The third kappa shape index (κ3) is 3.12. The second-order valence-electron chi connectivity index (χ2n) is 2.85. The van der Waals surface area contributed by atoms with Crippen molar-refractivity contribution in [3.05, 3.63) is 28.8 Å². The fourth-order valence-electron chi connectivity index (χ4n) is 0.899. The Hall–Kier alpha value is -2.20. The van der Waals surface area contributed by atoms with Crippen molar-refractivity contribution in [2.45, 2.75) is 0 Å². The van der Waals surface area contributed by atoms with Gasteiger partial charge in [0.05, 0.1) is 5.69 Å². The predicted molar refractivity (Wildman–Crippen MR) is 60.0 cm³/mol. The van der Waals surface area contributed by atoms with E-state index >= 15 is 0 Å². The average molecular weight is 258 g/mol. The van der Waals surface area contributed by atoms with Gasteiger partial charge >= 0.3 is 0 Å². The molecule has 4 N–H and O–H groups in total. The number of nitrogens with zero attached hydrogens (tertiary/aromatic N) is 2. The molecule has 0 aliphatic rings. The Kier molecular flexibility index (Phi) is 3.96. The third-order valence-corrected chi connectivity index (χ3v) is 2.03. The minimum atomic E-state index is -0.967. The molecule has 5 nitrogen and oxygen atoms in total. The van der Waals surface area contributed by atoms with Crippen molar-refractivity contribution < 1.29 is 8.78 Å². The van der Waals surface area contributed by atoms with Crippen LogP contribution >= 0.6 is 11.6 Å². The highest BCUT2D eigenvalue weighted by Crippen LogP contribution is 2.26. The molecule has 0 fully saturated rings. The predicted octanol–water partition coefficient (Wildman–Crippen LogP) is 1.85. The van der Waals surface area contributed by atoms with Gasteiger partial charge in [-0.2, -0.15) is 10.4 Å². The quantitative estimate of drug-likeness (QED) is 0.333. The van der Waals surface area contributed by atoms with Gasteiger partial charge < -0.3 is 5.73 Å². The van der Waals surface area contributed by atoms with E-state index in [4.69, 9.17) is 28.0 Å². The molecular weight excluding hydrogens is 252 g/mol. The van der Waals surface area contributed by atoms with Gasteiger partial charge in [0.1, 0.15) is 22.7 Å². The number of nitrogens with two attached hydrogens (primary N) is 1. The summed E-state index contributed by atoms with van der Waals surface area (Å²) in [4.78, 5) is 0. The Morgan fingerprint density at radius 2 is 2.18 bits per heavy atom. The lowest BCUT2D eigenvalue weighted by atomic mass is 10.3. The molecule has 0 unspecified atom stereocenters. The molecule has 0 bridgehead atoms. The molecule has 0 saturated carbocycles. The van der Waals surface area contributed by atoms with E-state index in [-0.39, 0.29) is 10.7 Å². The van der Waals surface area contributed by atoms with E-state index in [1.807, 2.05) is 0 Å². The molecule has 0 atom stereocenters. The first-order chi connectivity index (χ1) is 7.95. The van der Waals surface area contributed by atoms with Crippen LogP contribution < -0.4 is 11.2 Å². The van der Waals surface area contributed by atoms with E-state index in [0.29, 0.717) is 6.07 Å². The van der Waals surface area contributed by atoms with Crippen molar-refractivity contribution in [2.24, 2.45) is 10.8 Å². The Balaban J connectivity index is 3.05. The normalized spacial score (nSPS) is 10.8. The average Bonchev–Trinajstić information content (AvgIpc) is 2.25. The summed E-state index contributed by atoms with van der Waals surface area (Å²) in [6.07, 6.45) is 0. The van der Waals surface area contributed by atoms with Crippen LogP contribution in [0.5, 0.6) is 0 Å². The summed E-state index contributed by atoms with van der Waals surface area (Å²) in [5, 5.41) is 18.5. The highest BCUT2D eigenvalue weighted by atomic mass is 35.5. The zero-order chi connectivity index (χ0) is 13.0. The monoisotopic (exact) mass is 257 g/mol. The van der Waals surface area contributed by atoms with Crippen LogP contribution in [0.25, 0.3) is 0 Å². The first-order valence-corrected chi connectivity index (χ1v) is 4.56. The zero-order valence-electron chi connectivity index (χ0n) is 8.26. The summed E-state index contributed by atoms with van der Waals surface area (Å²) in [5.41, 5.74) is 6.58. The minimum Gasteiger partial charge on any atom is -0.382 e. The Morgan fingerprint density at radius 1 is 1.53 bits per heavy atom. The van der Waals surface area contributed by atoms with E-state index in [1.165, 1.54) is 6.07 Å². The SMILES string of the molecule is N#C/C(=N\Nc1cc(F)cc(F)c1Cl)C(=N)N. The molecule has 1 aromatic rings. The molecule has 0 radical (unpaired) electrons. The number of hydrogen-bond donors (Lipinski definition) is 3. The van der Waals surface area contributed by atoms with Crippen LogP contribution in [0.1, 0.15) is 0 Å². The zero-order valence-corrected chi connectivity index (χ0v) is 9.02. The number of nitrogens with one attached hydrogen (secondary N) is 2. The Morgan fingerprint density at radius 3 is 2.71 bits per heavy atom. The molecule has 1 aromatic carbocycles. The van der Waals surface area contributed by atoms with E-state index < -0.39 is 23.2 Å². The molecule has 1 rings (SSSR count). The molecule has 0 amide bonds. The highest BCUT2D eigenvalue weighted by molar-refractivity contribution is 6.45. The van der Waals surface area contributed by atoms with Crippen molar-refractivity contribution >= 4 is 28.8 Å². The van der Waals surface area contributed by atoms with Crippen molar-refractivity contribution in [3.8, 4) is 6.07 Å². The fraction of sp³-hybridized carbons (Fsp3) is 0. The summed E-state index contributed by atoms with van der Waals surface area (Å²) < 4.78 is 25.9. The Labute approximate surface area is 100.0 Å². The van der Waals surface area contributed by atoms with Crippen molar-refractivity contribution in [2.75, 3.05) is 5.43 Å². The van der Waals surface area contributed by atoms with Gasteiger partial charge in [0.15, 0.2) is 5.84 Å². The lowest BCUT2D eigenvalue weighted by Gasteiger charge is -2.04. The standard InChI is InChI=1S/C9H6ClF2N5/c10-8-5(12)1-4(11)2-6(8)16-17-7(3-13)9(14)15/h1-2,16H,(H3,14,15)/b17-7+. The van der Waals surface area contributed by atoms with Gasteiger partial charge in [-0.15, -0.1) is 0 Å². The molecule has 0 saturated heterocycles. The molecule has 8 heteroatoms. The van der Waals surface area contributed by atoms with Crippen LogP contribution in [-0.4, -0.2) is 11.5 Å². The maximum absolute atomic E-state index is 13.0. The van der Waals surface area contributed by atoms with Gasteiger partial charge in [-0.05, 0) is 0 Å². The first-order valence-electron chi connectivity index (χ1n) is 4.18. The molecule has 88 valence electrons. The number of halogens is 3. The summed E-state index contributed by atoms with van der Waals surface area (Å²) in [7, 11) is 0. The van der Waals surface area contributed by atoms with Crippen molar-refractivity contribution in [1.82, 2.24) is 0 Å². The van der Waals surface area contributed by atoms with Gasteiger partial charge in [-0.1, -0.05) is 11.6 Å². The number of rotatable bonds is 3. The molecule has 0 spiro atoms. The van der Waals surface area contributed by atoms with E-state index in [0.717, 1.165) is 6.07 Å². The molecular formula is C9H6ClF2N5. The van der Waals surface area contributed by atoms with Gasteiger partial charge in [0, 0.05) is 12.1 Å². The van der Waals surface area contributed by atoms with Gasteiger partial charge in [-0.25, -0.2) is 8.78 Å². The molecule has 0 heterocycles. The van der Waals surface area contributed by atoms with Gasteiger partial charge in [0.2, 0.25) is 5.71 Å². The molecule has 17 heavy (non-hydrogen) atoms. The second-order valence-corrected chi connectivity index (χ2v) is 3.22. The van der Waals surface area contributed by atoms with E-state index in [1.54, 1.807) is 0 Å². The van der Waals surface area contributed by atoms with Crippen LogP contribution in [0.4, 0.5) is 14.5 Å². The maximum Gasteiger partial charge on any atom is 0.201 e. The maximum atomic E-state index is 13.0. The summed E-state index contributed by atoms with van der Waals surface area (Å²) in [6, 6.07) is 3.03. The van der Waals surface area contributed by atoms with Gasteiger partial charge in [0.25, 0.3) is 0 Å². The fourth-order valence-corrected chi connectivity index (χ4v) is 1.05. The summed E-state index contributed by atoms with van der Waals surface area (Å²) in [6.45, 7) is 0. The third-order valence-electron chi connectivity index (χ3n) is 1.64. The second kappa shape index (κ2) is 5.23. The summed E-state index contributed by atoms with van der Waals surface area (Å²) in [5.74, 6) is -2.40. The van der Waals surface area contributed by atoms with E-state index in [9.17, 15) is 8.78 Å². The number of hydrazone groups is 1. The van der Waals surface area contributed by atoms with Crippen LogP contribution in [0.3, 0.4) is 0 Å². The number of hydrogen-bond acceptors (Lipinski definition) is 4. The van der Waals surface area contributed by atoms with E-state index in [2.05, 4.69) is 10.5 Å². The largest absolute Gasteiger partial charge is 0.382 e. The lowest BCUT2D eigenvalue weighted by molar-refractivity contribution is 0.584. The van der Waals surface area contributed by atoms with Crippen molar-refractivity contribution in [1.29, 1.82) is 10.7 Å². The topological polar surface area (TPSA) is 98.0 Å². The summed E-state index contributed by atoms with van der Waals surface area (Å²) >= 11 is 5.53. The molecule has 0 aromatic heterocycles. The number of benzene rings is 1. The van der Waals surface area contributed by atoms with Crippen LogP contribution in [-0.2, 0) is 0 Å². The van der Waals surface area contributed by atoms with Crippen LogP contribution in [0.15, 0.2) is 17.2 Å². The first kappa shape index (κ1) is 12.9. The molecule has 0 aliphatic heterocycles. The number of anilines is 1. The number of nitriles is 1. The van der Waals surface area contributed by atoms with Crippen LogP contribution in [0, 0.1) is 28.4 Å². The minimum absolute atomic E-state index is 0.168. The number of amidine groups is 1. The van der Waals surface area contributed by atoms with Gasteiger partial charge in [-0.3, -0.25) is 10.8 Å². The lowest BCUT2D eigenvalue weighted by Crippen LogP contribution is -2.21. The smallest absolute Gasteiger partial charge is 0.201 e. The highest BCUT2D eigenvalue weighted by Gasteiger charge is 2.09. The molecule has 0 aliphatic carbocycles. The van der Waals surface area contributed by atoms with Crippen molar-refractivity contribution in [3.63, 3.8) is 0 Å². The van der Waals surface area contributed by atoms with Crippen LogP contribution in [0.2, 0.25) is 5.02 Å². The Bertz CT molecular complexity index is 535.